The Balaban J connectivity index is 1.33. The van der Waals surface area contributed by atoms with Crippen LogP contribution >= 0.6 is 0 Å². The summed E-state index contributed by atoms with van der Waals surface area (Å²) >= 11 is 0. The minimum absolute atomic E-state index is 0.113. The van der Waals surface area contributed by atoms with Gasteiger partial charge in [-0.2, -0.15) is 0 Å². The lowest BCUT2D eigenvalue weighted by atomic mass is 10.1. The predicted molar refractivity (Wildman–Crippen MR) is 104 cm³/mol. The number of carbonyl (C=O) groups excluding carboxylic acids is 2. The van der Waals surface area contributed by atoms with Crippen LogP contribution in [-0.4, -0.2) is 25.2 Å². The molecule has 4 rings (SSSR count). The van der Waals surface area contributed by atoms with Gasteiger partial charge >= 0.3 is 5.97 Å². The highest BCUT2D eigenvalue weighted by Crippen LogP contribution is 2.32. The zero-order valence-corrected chi connectivity index (χ0v) is 15.8. The van der Waals surface area contributed by atoms with Gasteiger partial charge in [-0.05, 0) is 54.1 Å². The van der Waals surface area contributed by atoms with E-state index >= 15 is 0 Å². The number of hydrogen-bond acceptors (Lipinski definition) is 6. The van der Waals surface area contributed by atoms with E-state index < -0.39 is 12.6 Å². The molecule has 0 saturated heterocycles. The van der Waals surface area contributed by atoms with Gasteiger partial charge in [0.2, 0.25) is 6.79 Å². The fourth-order valence-electron chi connectivity index (χ4n) is 2.83. The first-order valence-electron chi connectivity index (χ1n) is 9.16. The number of ether oxygens (including phenoxy) is 4. The molecule has 0 atom stereocenters. The Kier molecular flexibility index (Phi) is 5.61. The summed E-state index contributed by atoms with van der Waals surface area (Å²) in [6.45, 7) is -0.0674. The first-order valence-corrected chi connectivity index (χ1v) is 9.16. The summed E-state index contributed by atoms with van der Waals surface area (Å²) in [5, 5.41) is 0. The quantitative estimate of drug-likeness (QED) is 0.432. The Morgan fingerprint density at radius 2 is 1.70 bits per heavy atom. The molecule has 30 heavy (non-hydrogen) atoms. The highest BCUT2D eigenvalue weighted by atomic mass is 19.1. The van der Waals surface area contributed by atoms with E-state index in [2.05, 4.69) is 0 Å². The highest BCUT2D eigenvalue weighted by Gasteiger charge is 2.18. The van der Waals surface area contributed by atoms with Gasteiger partial charge in [-0.3, -0.25) is 4.79 Å². The predicted octanol–water partition coefficient (Wildman–Crippen LogP) is 4.17. The third kappa shape index (κ3) is 4.57. The van der Waals surface area contributed by atoms with Gasteiger partial charge in [0.1, 0.15) is 18.2 Å². The number of esters is 1. The van der Waals surface area contributed by atoms with Crippen molar-refractivity contribution in [3.8, 4) is 17.2 Å². The molecule has 1 heterocycles. The number of carbonyl (C=O) groups is 2. The van der Waals surface area contributed by atoms with E-state index in [1.165, 1.54) is 18.2 Å². The average molecular weight is 408 g/mol. The van der Waals surface area contributed by atoms with Crippen LogP contribution in [0.2, 0.25) is 0 Å². The van der Waals surface area contributed by atoms with Crippen LogP contribution in [0.3, 0.4) is 0 Å². The molecule has 1 aliphatic rings. The lowest BCUT2D eigenvalue weighted by Crippen LogP contribution is -2.14. The molecular formula is C23H17FO6. The number of rotatable bonds is 7. The largest absolute Gasteiger partial charge is 0.489 e. The van der Waals surface area contributed by atoms with Crippen molar-refractivity contribution in [3.05, 3.63) is 89.2 Å². The third-order valence-electron chi connectivity index (χ3n) is 4.42. The van der Waals surface area contributed by atoms with E-state index in [4.69, 9.17) is 18.9 Å². The first kappa shape index (κ1) is 19.4. The maximum absolute atomic E-state index is 13.0. The summed E-state index contributed by atoms with van der Waals surface area (Å²) < 4.78 is 34.2. The van der Waals surface area contributed by atoms with Crippen LogP contribution in [-0.2, 0) is 11.3 Å². The van der Waals surface area contributed by atoms with E-state index in [-0.39, 0.29) is 30.6 Å². The molecule has 6 nitrogen and oxygen atoms in total. The fraction of sp³-hybridized carbons (Fsp3) is 0.130. The average Bonchev–Trinajstić information content (AvgIpc) is 3.25. The van der Waals surface area contributed by atoms with Crippen LogP contribution < -0.4 is 14.2 Å². The molecule has 0 aromatic heterocycles. The zero-order valence-electron chi connectivity index (χ0n) is 15.8. The summed E-state index contributed by atoms with van der Waals surface area (Å²) in [5.41, 5.74) is 1.41. The summed E-state index contributed by atoms with van der Waals surface area (Å²) in [6.07, 6.45) is 0. The van der Waals surface area contributed by atoms with Crippen LogP contribution in [0.15, 0.2) is 66.7 Å². The summed E-state index contributed by atoms with van der Waals surface area (Å²) in [5.74, 6) is 0.190. The molecule has 0 fully saturated rings. The van der Waals surface area contributed by atoms with Gasteiger partial charge in [-0.15, -0.1) is 0 Å². The van der Waals surface area contributed by atoms with Crippen molar-refractivity contribution in [1.82, 2.24) is 0 Å². The van der Waals surface area contributed by atoms with E-state index in [1.54, 1.807) is 48.5 Å². The Hall–Kier alpha value is -3.87. The van der Waals surface area contributed by atoms with Gasteiger partial charge in [-0.1, -0.05) is 18.2 Å². The minimum Gasteiger partial charge on any atom is -0.489 e. The van der Waals surface area contributed by atoms with Crippen molar-refractivity contribution in [2.75, 3.05) is 13.4 Å². The summed E-state index contributed by atoms with van der Waals surface area (Å²) in [6, 6.07) is 17.2. The van der Waals surface area contributed by atoms with Crippen LogP contribution in [0.5, 0.6) is 17.2 Å². The fourth-order valence-corrected chi connectivity index (χ4v) is 2.83. The van der Waals surface area contributed by atoms with Crippen molar-refractivity contribution in [3.63, 3.8) is 0 Å². The maximum atomic E-state index is 13.0. The molecule has 3 aromatic carbocycles. The van der Waals surface area contributed by atoms with Gasteiger partial charge in [-0.25, -0.2) is 9.18 Å². The molecule has 3 aromatic rings. The molecule has 7 heteroatoms. The monoisotopic (exact) mass is 408 g/mol. The molecule has 0 spiro atoms. The molecule has 0 unspecified atom stereocenters. The maximum Gasteiger partial charge on any atom is 0.338 e. The molecule has 0 amide bonds. The highest BCUT2D eigenvalue weighted by molar-refractivity contribution is 5.99. The Morgan fingerprint density at radius 3 is 2.53 bits per heavy atom. The number of fused-ring (bicyclic) bond motifs is 1. The second kappa shape index (κ2) is 8.65. The third-order valence-corrected chi connectivity index (χ3v) is 4.42. The van der Waals surface area contributed by atoms with Crippen LogP contribution in [0.1, 0.15) is 26.3 Å². The number of benzene rings is 3. The second-order valence-electron chi connectivity index (χ2n) is 6.51. The first-order chi connectivity index (χ1) is 14.6. The molecular weight excluding hydrogens is 391 g/mol. The van der Waals surface area contributed by atoms with Crippen molar-refractivity contribution in [2.45, 2.75) is 6.61 Å². The van der Waals surface area contributed by atoms with Gasteiger partial charge in [0.15, 0.2) is 23.9 Å². The standard InChI is InChI=1S/C23H17FO6/c24-18-7-4-15(5-8-18)12-27-19-3-1-2-17(10-19)23(26)28-13-20(25)16-6-9-21-22(11-16)30-14-29-21/h1-11H,12-14H2. The van der Waals surface area contributed by atoms with E-state index in [1.807, 2.05) is 0 Å². The second-order valence-corrected chi connectivity index (χ2v) is 6.51. The van der Waals surface area contributed by atoms with E-state index in [9.17, 15) is 14.0 Å². The van der Waals surface area contributed by atoms with Crippen LogP contribution in [0, 0.1) is 5.82 Å². The molecule has 0 aliphatic carbocycles. The van der Waals surface area contributed by atoms with E-state index in [0.29, 0.717) is 22.8 Å². The zero-order chi connectivity index (χ0) is 20.9. The lowest BCUT2D eigenvalue weighted by molar-refractivity contribution is 0.0474. The van der Waals surface area contributed by atoms with Crippen molar-refractivity contribution in [2.24, 2.45) is 0 Å². The molecule has 0 N–H and O–H groups in total. The molecule has 0 radical (unpaired) electrons. The topological polar surface area (TPSA) is 71.1 Å². The lowest BCUT2D eigenvalue weighted by Gasteiger charge is -2.09. The SMILES string of the molecule is O=C(COC(=O)c1cccc(OCc2ccc(F)cc2)c1)c1ccc2c(c1)OCO2. The minimum atomic E-state index is -0.642. The Labute approximate surface area is 171 Å². The van der Waals surface area contributed by atoms with Crippen LogP contribution in [0.25, 0.3) is 0 Å². The Morgan fingerprint density at radius 1 is 0.900 bits per heavy atom. The Bertz CT molecular complexity index is 1080. The van der Waals surface area contributed by atoms with E-state index in [0.717, 1.165) is 5.56 Å². The van der Waals surface area contributed by atoms with Gasteiger partial charge in [0, 0.05) is 5.56 Å². The van der Waals surface area contributed by atoms with Crippen molar-refractivity contribution in [1.29, 1.82) is 0 Å². The van der Waals surface area contributed by atoms with Crippen molar-refractivity contribution < 1.29 is 32.9 Å². The van der Waals surface area contributed by atoms with Gasteiger partial charge in [0.25, 0.3) is 0 Å². The summed E-state index contributed by atoms with van der Waals surface area (Å²) in [4.78, 5) is 24.6. The normalized spacial score (nSPS) is 11.8. The number of halogens is 1. The van der Waals surface area contributed by atoms with Crippen molar-refractivity contribution >= 4 is 11.8 Å². The molecule has 0 bridgehead atoms. The summed E-state index contributed by atoms with van der Waals surface area (Å²) in [7, 11) is 0. The number of ketones is 1. The molecule has 0 saturated carbocycles. The molecule has 1 aliphatic heterocycles. The number of Topliss-reactive ketones (excluding diaryl/α,β-unsaturated/α-hetero) is 1. The smallest absolute Gasteiger partial charge is 0.338 e. The van der Waals surface area contributed by atoms with Gasteiger partial charge in [0.05, 0.1) is 5.56 Å². The molecule has 152 valence electrons. The number of hydrogen-bond donors (Lipinski definition) is 0. The van der Waals surface area contributed by atoms with Gasteiger partial charge < -0.3 is 18.9 Å². The van der Waals surface area contributed by atoms with Crippen LogP contribution in [0.4, 0.5) is 4.39 Å².